The number of amides is 1. The number of hydrogen-bond acceptors (Lipinski definition) is 3. The van der Waals surface area contributed by atoms with Crippen LogP contribution >= 0.6 is 11.8 Å². The topological polar surface area (TPSA) is 38.3 Å². The van der Waals surface area contributed by atoms with Crippen molar-refractivity contribution in [2.24, 2.45) is 0 Å². The predicted octanol–water partition coefficient (Wildman–Crippen LogP) is 4.43. The highest BCUT2D eigenvalue weighted by atomic mass is 32.2. The number of anilines is 1. The Morgan fingerprint density at radius 2 is 1.68 bits per heavy atom. The van der Waals surface area contributed by atoms with Gasteiger partial charge < -0.3 is 10.1 Å². The Hall–Kier alpha value is -1.94. The minimum atomic E-state index is -0.174. The zero-order valence-corrected chi connectivity index (χ0v) is 14.2. The molecule has 0 saturated carbocycles. The fourth-order valence-corrected chi connectivity index (χ4v) is 3.02. The molecule has 1 amide bonds. The van der Waals surface area contributed by atoms with E-state index in [1.165, 1.54) is 11.8 Å². The maximum Gasteiger partial charge on any atom is 0.237 e. The second kappa shape index (κ2) is 7.36. The lowest BCUT2D eigenvalue weighted by atomic mass is 10.1. The maximum atomic E-state index is 12.4. The number of carbonyl (C=O) groups excluding carboxylic acids is 1. The molecule has 0 aromatic heterocycles. The van der Waals surface area contributed by atoms with Gasteiger partial charge in [0, 0.05) is 10.6 Å². The largest absolute Gasteiger partial charge is 0.497 e. The average Bonchev–Trinajstić information content (AvgIpc) is 2.51. The third kappa shape index (κ3) is 4.04. The van der Waals surface area contributed by atoms with Crippen molar-refractivity contribution >= 4 is 23.4 Å². The van der Waals surface area contributed by atoms with E-state index < -0.39 is 0 Å². The van der Waals surface area contributed by atoms with Crippen LogP contribution in [0.4, 0.5) is 5.69 Å². The van der Waals surface area contributed by atoms with Crippen LogP contribution in [0, 0.1) is 13.8 Å². The number of carbonyl (C=O) groups is 1. The Labute approximate surface area is 136 Å². The number of hydrogen-bond donors (Lipinski definition) is 1. The van der Waals surface area contributed by atoms with Gasteiger partial charge in [-0.25, -0.2) is 0 Å². The third-order valence-electron chi connectivity index (χ3n) is 3.47. The van der Waals surface area contributed by atoms with E-state index in [-0.39, 0.29) is 11.2 Å². The molecule has 116 valence electrons. The van der Waals surface area contributed by atoms with E-state index in [9.17, 15) is 4.79 Å². The van der Waals surface area contributed by atoms with Crippen molar-refractivity contribution in [3.05, 3.63) is 53.6 Å². The van der Waals surface area contributed by atoms with Gasteiger partial charge in [-0.3, -0.25) is 4.79 Å². The first-order chi connectivity index (χ1) is 10.5. The lowest BCUT2D eigenvalue weighted by Crippen LogP contribution is -2.23. The fraction of sp³-hybridized carbons (Fsp3) is 0.278. The van der Waals surface area contributed by atoms with Crippen LogP contribution in [0.1, 0.15) is 18.1 Å². The molecule has 0 spiro atoms. The maximum absolute atomic E-state index is 12.4. The molecule has 0 aliphatic rings. The van der Waals surface area contributed by atoms with Crippen molar-refractivity contribution < 1.29 is 9.53 Å². The first kappa shape index (κ1) is 16.4. The molecule has 0 aliphatic carbocycles. The van der Waals surface area contributed by atoms with Crippen LogP contribution in [-0.2, 0) is 4.79 Å². The Morgan fingerprint density at radius 3 is 2.23 bits per heavy atom. The predicted molar refractivity (Wildman–Crippen MR) is 92.9 cm³/mol. The lowest BCUT2D eigenvalue weighted by Gasteiger charge is -2.15. The van der Waals surface area contributed by atoms with Crippen molar-refractivity contribution in [3.8, 4) is 5.75 Å². The van der Waals surface area contributed by atoms with Gasteiger partial charge in [0.2, 0.25) is 5.91 Å². The van der Waals surface area contributed by atoms with Gasteiger partial charge in [0.25, 0.3) is 0 Å². The van der Waals surface area contributed by atoms with Crippen LogP contribution < -0.4 is 10.1 Å². The van der Waals surface area contributed by atoms with Crippen LogP contribution in [0.3, 0.4) is 0 Å². The minimum absolute atomic E-state index is 0.0122. The summed E-state index contributed by atoms with van der Waals surface area (Å²) in [4.78, 5) is 13.4. The van der Waals surface area contributed by atoms with Crippen molar-refractivity contribution in [1.82, 2.24) is 0 Å². The van der Waals surface area contributed by atoms with Crippen LogP contribution in [0.25, 0.3) is 0 Å². The number of benzene rings is 2. The van der Waals surface area contributed by atoms with Gasteiger partial charge in [-0.05, 0) is 56.2 Å². The van der Waals surface area contributed by atoms with Crippen molar-refractivity contribution in [2.75, 3.05) is 12.4 Å². The second-order valence-electron chi connectivity index (χ2n) is 5.19. The van der Waals surface area contributed by atoms with Crippen LogP contribution in [-0.4, -0.2) is 18.3 Å². The van der Waals surface area contributed by atoms with Gasteiger partial charge in [-0.1, -0.05) is 18.2 Å². The fourth-order valence-electron chi connectivity index (χ4n) is 2.15. The summed E-state index contributed by atoms with van der Waals surface area (Å²) < 4.78 is 5.14. The van der Waals surface area contributed by atoms with Crippen LogP contribution in [0.5, 0.6) is 5.75 Å². The number of para-hydroxylation sites is 1. The Bertz CT molecular complexity index is 632. The number of thioether (sulfide) groups is 1. The van der Waals surface area contributed by atoms with Gasteiger partial charge in [0.15, 0.2) is 0 Å². The first-order valence-corrected chi connectivity index (χ1v) is 8.07. The molecule has 0 unspecified atom stereocenters. The zero-order valence-electron chi connectivity index (χ0n) is 13.3. The van der Waals surface area contributed by atoms with E-state index >= 15 is 0 Å². The summed E-state index contributed by atoms with van der Waals surface area (Å²) in [7, 11) is 1.64. The molecule has 0 heterocycles. The van der Waals surface area contributed by atoms with Gasteiger partial charge in [-0.2, -0.15) is 0 Å². The third-order valence-corrected chi connectivity index (χ3v) is 4.58. The first-order valence-electron chi connectivity index (χ1n) is 7.19. The molecule has 2 aromatic carbocycles. The van der Waals surface area contributed by atoms with E-state index in [1.807, 2.05) is 63.2 Å². The van der Waals surface area contributed by atoms with Gasteiger partial charge in [0.05, 0.1) is 12.4 Å². The highest BCUT2D eigenvalue weighted by Crippen LogP contribution is 2.27. The molecule has 0 radical (unpaired) electrons. The Morgan fingerprint density at radius 1 is 1.09 bits per heavy atom. The number of methoxy groups -OCH3 is 1. The van der Waals surface area contributed by atoms with Crippen molar-refractivity contribution in [2.45, 2.75) is 30.9 Å². The standard InChI is InChI=1S/C18H21NO2S/c1-12-6-5-7-13(2)17(12)19-18(20)14(3)22-16-10-8-15(21-4)9-11-16/h5-11,14H,1-4H3,(H,19,20)/t14-/m0/s1. The summed E-state index contributed by atoms with van der Waals surface area (Å²) in [6.45, 7) is 5.92. The van der Waals surface area contributed by atoms with E-state index in [0.717, 1.165) is 27.5 Å². The van der Waals surface area contributed by atoms with Crippen molar-refractivity contribution in [3.63, 3.8) is 0 Å². The normalized spacial score (nSPS) is 11.8. The molecule has 1 atom stereocenters. The highest BCUT2D eigenvalue weighted by molar-refractivity contribution is 8.00. The number of rotatable bonds is 5. The smallest absolute Gasteiger partial charge is 0.237 e. The van der Waals surface area contributed by atoms with E-state index in [2.05, 4.69) is 5.32 Å². The van der Waals surface area contributed by atoms with Crippen molar-refractivity contribution in [1.29, 1.82) is 0 Å². The summed E-state index contributed by atoms with van der Waals surface area (Å²) in [6, 6.07) is 13.7. The molecule has 0 aliphatic heterocycles. The Balaban J connectivity index is 2.02. The van der Waals surface area contributed by atoms with Gasteiger partial charge in [0.1, 0.15) is 5.75 Å². The summed E-state index contributed by atoms with van der Waals surface area (Å²) in [5.41, 5.74) is 3.07. The second-order valence-corrected chi connectivity index (χ2v) is 6.61. The number of aryl methyl sites for hydroxylation is 2. The quantitative estimate of drug-likeness (QED) is 0.829. The van der Waals surface area contributed by atoms with Crippen LogP contribution in [0.15, 0.2) is 47.4 Å². The monoisotopic (exact) mass is 315 g/mol. The lowest BCUT2D eigenvalue weighted by molar-refractivity contribution is -0.115. The molecule has 0 bridgehead atoms. The molecular weight excluding hydrogens is 294 g/mol. The average molecular weight is 315 g/mol. The van der Waals surface area contributed by atoms with E-state index in [4.69, 9.17) is 4.74 Å². The SMILES string of the molecule is COc1ccc(S[C@@H](C)C(=O)Nc2c(C)cccc2C)cc1. The molecule has 22 heavy (non-hydrogen) atoms. The van der Waals surface area contributed by atoms with Gasteiger partial charge in [-0.15, -0.1) is 11.8 Å². The number of ether oxygens (including phenoxy) is 1. The number of nitrogens with one attached hydrogen (secondary N) is 1. The molecule has 0 fully saturated rings. The van der Waals surface area contributed by atoms with Crippen LogP contribution in [0.2, 0.25) is 0 Å². The minimum Gasteiger partial charge on any atom is -0.497 e. The zero-order chi connectivity index (χ0) is 16.1. The molecule has 4 heteroatoms. The molecule has 3 nitrogen and oxygen atoms in total. The van der Waals surface area contributed by atoms with Gasteiger partial charge >= 0.3 is 0 Å². The summed E-state index contributed by atoms with van der Waals surface area (Å²) >= 11 is 1.53. The molecule has 2 rings (SSSR count). The summed E-state index contributed by atoms with van der Waals surface area (Å²) in [5.74, 6) is 0.829. The Kier molecular flexibility index (Phi) is 5.50. The van der Waals surface area contributed by atoms with E-state index in [0.29, 0.717) is 0 Å². The molecular formula is C18H21NO2S. The summed E-state index contributed by atoms with van der Waals surface area (Å²) in [6.07, 6.45) is 0. The van der Waals surface area contributed by atoms with E-state index in [1.54, 1.807) is 7.11 Å². The molecule has 0 saturated heterocycles. The summed E-state index contributed by atoms with van der Waals surface area (Å²) in [5, 5.41) is 2.86. The molecule has 2 aromatic rings. The molecule has 1 N–H and O–H groups in total. The highest BCUT2D eigenvalue weighted by Gasteiger charge is 2.16.